The number of carbonyl (C=O) groups is 1. The second-order valence-electron chi connectivity index (χ2n) is 6.47. The van der Waals surface area contributed by atoms with Crippen molar-refractivity contribution >= 4 is 6.16 Å². The van der Waals surface area contributed by atoms with Gasteiger partial charge in [0.2, 0.25) is 0 Å². The molecule has 0 aromatic heterocycles. The summed E-state index contributed by atoms with van der Waals surface area (Å²) in [5, 5.41) is 29.9. The van der Waals surface area contributed by atoms with Gasteiger partial charge in [0.25, 0.3) is 0 Å². The molecule has 166 valence electrons. The second-order valence-corrected chi connectivity index (χ2v) is 6.47. The van der Waals surface area contributed by atoms with E-state index >= 15 is 0 Å². The Morgan fingerprint density at radius 2 is 1.22 bits per heavy atom. The van der Waals surface area contributed by atoms with E-state index in [0.717, 1.165) is 0 Å². The highest BCUT2D eigenvalue weighted by molar-refractivity contribution is 5.53. The van der Waals surface area contributed by atoms with Crippen molar-refractivity contribution in [2.24, 2.45) is 0 Å². The average molecular weight is 395 g/mol. The molecule has 6 heteroatoms. The van der Waals surface area contributed by atoms with E-state index in [2.05, 4.69) is 34.3 Å². The third-order valence-electron chi connectivity index (χ3n) is 3.16. The molecule has 0 bridgehead atoms. The van der Waals surface area contributed by atoms with Crippen LogP contribution in [0.25, 0.3) is 0 Å². The maximum atomic E-state index is 8.56. The maximum Gasteiger partial charge on any atom is 0.503 e. The number of aliphatic hydroxyl groups is 2. The minimum atomic E-state index is -1.83. The first kappa shape index (κ1) is 33.5. The highest BCUT2D eigenvalue weighted by Crippen LogP contribution is 2.12. The molecular weight excluding hydrogens is 348 g/mol. The van der Waals surface area contributed by atoms with Crippen molar-refractivity contribution in [2.45, 2.75) is 111 Å². The summed E-state index contributed by atoms with van der Waals surface area (Å²) in [6.07, 6.45) is 10.7. The summed E-state index contributed by atoms with van der Waals surface area (Å²) >= 11 is 0. The summed E-state index contributed by atoms with van der Waals surface area (Å²) < 4.78 is 5.94. The van der Waals surface area contributed by atoms with Crippen LogP contribution in [-0.4, -0.2) is 51.5 Å². The molecule has 27 heavy (non-hydrogen) atoms. The zero-order valence-electron chi connectivity index (χ0n) is 18.5. The number of hydrogen-bond acceptors (Lipinski definition) is 4. The monoisotopic (exact) mass is 394 g/mol. The lowest BCUT2D eigenvalue weighted by molar-refractivity contribution is -0.00221. The smallest absolute Gasteiger partial charge is 0.450 e. The van der Waals surface area contributed by atoms with Gasteiger partial charge in [-0.15, -0.1) is 6.58 Å². The predicted octanol–water partition coefficient (Wildman–Crippen LogP) is 5.71. The van der Waals surface area contributed by atoms with Gasteiger partial charge in [-0.3, -0.25) is 0 Å². The molecule has 0 saturated carbocycles. The minimum Gasteiger partial charge on any atom is -0.450 e. The molecule has 0 aliphatic heterocycles. The van der Waals surface area contributed by atoms with Gasteiger partial charge in [0, 0.05) is 0 Å². The second kappa shape index (κ2) is 29.6. The van der Waals surface area contributed by atoms with Gasteiger partial charge in [-0.25, -0.2) is 4.79 Å². The van der Waals surface area contributed by atoms with Gasteiger partial charge in [0.1, 0.15) is 0 Å². The lowest BCUT2D eigenvalue weighted by Crippen LogP contribution is -2.17. The van der Waals surface area contributed by atoms with Crippen molar-refractivity contribution in [1.29, 1.82) is 0 Å². The van der Waals surface area contributed by atoms with Crippen LogP contribution >= 0.6 is 0 Å². The van der Waals surface area contributed by atoms with Crippen molar-refractivity contribution in [3.63, 3.8) is 0 Å². The summed E-state index contributed by atoms with van der Waals surface area (Å²) in [5.74, 6) is 0. The quantitative estimate of drug-likeness (QED) is 0.264. The van der Waals surface area contributed by atoms with Crippen LogP contribution < -0.4 is 0 Å². The lowest BCUT2D eigenvalue weighted by Gasteiger charge is -2.19. The van der Waals surface area contributed by atoms with Crippen LogP contribution in [0.5, 0.6) is 0 Å². The van der Waals surface area contributed by atoms with E-state index in [0.29, 0.717) is 12.2 Å². The van der Waals surface area contributed by atoms with Gasteiger partial charge >= 0.3 is 6.16 Å². The van der Waals surface area contributed by atoms with Gasteiger partial charge in [-0.1, -0.05) is 58.4 Å². The maximum absolute atomic E-state index is 8.56. The van der Waals surface area contributed by atoms with Crippen LogP contribution in [0.2, 0.25) is 0 Å². The van der Waals surface area contributed by atoms with Crippen LogP contribution in [-0.2, 0) is 4.74 Å². The first-order valence-electron chi connectivity index (χ1n) is 10.1. The van der Waals surface area contributed by atoms with E-state index in [4.69, 9.17) is 30.0 Å². The van der Waals surface area contributed by atoms with E-state index in [1.807, 2.05) is 6.92 Å². The molecule has 0 spiro atoms. The highest BCUT2D eigenvalue weighted by atomic mass is 16.6. The number of carboxylic acid groups (broad SMARTS) is 2. The molecule has 0 saturated heterocycles. The Balaban J connectivity index is -0.000000180. The third kappa shape index (κ3) is 58.8. The van der Waals surface area contributed by atoms with Crippen LogP contribution in [0, 0.1) is 0 Å². The first-order valence-corrected chi connectivity index (χ1v) is 10.1. The molecule has 0 amide bonds. The van der Waals surface area contributed by atoms with Crippen molar-refractivity contribution in [1.82, 2.24) is 0 Å². The Morgan fingerprint density at radius 3 is 1.41 bits per heavy atom. The summed E-state index contributed by atoms with van der Waals surface area (Å²) in [6.45, 7) is 15.6. The summed E-state index contributed by atoms with van der Waals surface area (Å²) in [4.78, 5) is 8.56. The number of hydrogen-bond donors (Lipinski definition) is 4. The summed E-state index contributed by atoms with van der Waals surface area (Å²) in [7, 11) is 0. The molecule has 0 aromatic rings. The first-order chi connectivity index (χ1) is 12.6. The number of allylic oxidation sites excluding steroid dienone is 1. The Kier molecular flexibility index (Phi) is 36.8. The summed E-state index contributed by atoms with van der Waals surface area (Å²) in [5.41, 5.74) is 0. The standard InChI is InChI=1S/C14H30O.C3H8O2.C3H6.CH2O3/c1-5-7-9-11-13(3)15-14(4)12-10-8-6-2;1-3(5)2-4;1-3-2;2-1(3)4/h13-14H,5-12H2,1-4H3;3-5H,2H2,1H3;3H,1H2,2H3;(H2,2,3,4). The average Bonchev–Trinajstić information content (AvgIpc) is 2.56. The van der Waals surface area contributed by atoms with Crippen LogP contribution in [0.1, 0.15) is 92.9 Å². The number of ether oxygens (including phenoxy) is 1. The fraction of sp³-hybridized carbons (Fsp3) is 0.857. The molecule has 3 atom stereocenters. The van der Waals surface area contributed by atoms with E-state index in [1.54, 1.807) is 6.08 Å². The van der Waals surface area contributed by atoms with Crippen LogP contribution in [0.3, 0.4) is 0 Å². The summed E-state index contributed by atoms with van der Waals surface area (Å²) in [6, 6.07) is 0. The SMILES string of the molecule is C=CC.CC(O)CO.CCCCCC(C)OC(C)CCCCC.O=C(O)O. The molecule has 3 unspecified atom stereocenters. The van der Waals surface area contributed by atoms with Crippen LogP contribution in [0.15, 0.2) is 12.7 Å². The van der Waals surface area contributed by atoms with Crippen molar-refractivity contribution in [2.75, 3.05) is 6.61 Å². The molecule has 0 rings (SSSR count). The van der Waals surface area contributed by atoms with Crippen LogP contribution in [0.4, 0.5) is 4.79 Å². The molecule has 0 aliphatic rings. The molecule has 0 aliphatic carbocycles. The van der Waals surface area contributed by atoms with E-state index in [9.17, 15) is 0 Å². The van der Waals surface area contributed by atoms with Gasteiger partial charge in [0.15, 0.2) is 0 Å². The normalized spacial score (nSPS) is 12.6. The van der Waals surface area contributed by atoms with Crippen molar-refractivity contribution in [3.05, 3.63) is 12.7 Å². The largest absolute Gasteiger partial charge is 0.503 e. The fourth-order valence-corrected chi connectivity index (χ4v) is 1.90. The Hall–Kier alpha value is -1.11. The molecule has 0 fully saturated rings. The molecular formula is C21H46O6. The highest BCUT2D eigenvalue weighted by Gasteiger charge is 2.07. The fourth-order valence-electron chi connectivity index (χ4n) is 1.90. The zero-order chi connectivity index (χ0) is 22.1. The van der Waals surface area contributed by atoms with Gasteiger partial charge in [-0.05, 0) is 40.5 Å². The zero-order valence-corrected chi connectivity index (χ0v) is 18.5. The van der Waals surface area contributed by atoms with E-state index in [-0.39, 0.29) is 6.61 Å². The van der Waals surface area contributed by atoms with Gasteiger partial charge in [-0.2, -0.15) is 0 Å². The molecule has 0 heterocycles. The number of aliphatic hydroxyl groups excluding tert-OH is 2. The van der Waals surface area contributed by atoms with E-state index < -0.39 is 12.3 Å². The van der Waals surface area contributed by atoms with Crippen molar-refractivity contribution in [3.8, 4) is 0 Å². The molecule has 4 N–H and O–H groups in total. The minimum absolute atomic E-state index is 0.139. The Labute approximate surface area is 167 Å². The van der Waals surface area contributed by atoms with E-state index in [1.165, 1.54) is 58.3 Å². The Morgan fingerprint density at radius 1 is 0.963 bits per heavy atom. The third-order valence-corrected chi connectivity index (χ3v) is 3.16. The number of unbranched alkanes of at least 4 members (excludes halogenated alkanes) is 4. The number of rotatable bonds is 11. The molecule has 6 nitrogen and oxygen atoms in total. The van der Waals surface area contributed by atoms with Gasteiger partial charge in [0.05, 0.1) is 24.9 Å². The lowest BCUT2D eigenvalue weighted by atomic mass is 10.1. The van der Waals surface area contributed by atoms with Gasteiger partial charge < -0.3 is 25.2 Å². The topological polar surface area (TPSA) is 107 Å². The molecule has 0 radical (unpaired) electrons. The molecule has 0 aromatic carbocycles. The predicted molar refractivity (Wildman–Crippen MR) is 114 cm³/mol. The van der Waals surface area contributed by atoms with Crippen molar-refractivity contribution < 1.29 is 30.0 Å². The Bertz CT molecular complexity index is 264.